The van der Waals surface area contributed by atoms with E-state index in [9.17, 15) is 4.79 Å². The summed E-state index contributed by atoms with van der Waals surface area (Å²) in [6.45, 7) is 0.682. The summed E-state index contributed by atoms with van der Waals surface area (Å²) in [5.74, 6) is 1.11. The van der Waals surface area contributed by atoms with Crippen LogP contribution in [0.25, 0.3) is 0 Å². The number of amides is 1. The average Bonchev–Trinajstić information content (AvgIpc) is 3.40. The van der Waals surface area contributed by atoms with Gasteiger partial charge >= 0.3 is 0 Å². The monoisotopic (exact) mass is 327 g/mol. The molecule has 3 rings (SSSR count). The summed E-state index contributed by atoms with van der Waals surface area (Å²) in [6.07, 6.45) is 2.83. The molecule has 7 heteroatoms. The van der Waals surface area contributed by atoms with Gasteiger partial charge in [0.2, 0.25) is 5.95 Å². The van der Waals surface area contributed by atoms with E-state index in [-0.39, 0.29) is 12.5 Å². The number of aliphatic hydroxyl groups excluding tert-OH is 1. The van der Waals surface area contributed by atoms with Crippen molar-refractivity contribution in [2.75, 3.05) is 29.5 Å². The summed E-state index contributed by atoms with van der Waals surface area (Å²) in [5, 5.41) is 14.8. The van der Waals surface area contributed by atoms with Crippen LogP contribution >= 0.6 is 0 Å². The van der Waals surface area contributed by atoms with E-state index >= 15 is 0 Å². The molecule has 1 heterocycles. The molecule has 0 bridgehead atoms. The van der Waals surface area contributed by atoms with E-state index in [1.807, 2.05) is 6.07 Å². The fourth-order valence-electron chi connectivity index (χ4n) is 2.34. The Bertz CT molecular complexity index is 731. The molecule has 24 heavy (non-hydrogen) atoms. The Kier molecular flexibility index (Phi) is 4.90. The van der Waals surface area contributed by atoms with Gasteiger partial charge in [-0.1, -0.05) is 6.07 Å². The number of benzene rings is 1. The number of nitrogens with zero attached hydrogens (tertiary/aromatic N) is 2. The van der Waals surface area contributed by atoms with Crippen molar-refractivity contribution in [1.29, 1.82) is 0 Å². The number of carbonyl (C=O) groups excluding carboxylic acids is 1. The molecule has 0 spiro atoms. The van der Waals surface area contributed by atoms with E-state index in [0.717, 1.165) is 18.5 Å². The van der Waals surface area contributed by atoms with Gasteiger partial charge in [-0.25, -0.2) is 4.98 Å². The predicted molar refractivity (Wildman–Crippen MR) is 93.0 cm³/mol. The topological polar surface area (TPSA) is 113 Å². The second-order valence-corrected chi connectivity index (χ2v) is 5.86. The van der Waals surface area contributed by atoms with Gasteiger partial charge in [-0.2, -0.15) is 4.98 Å². The van der Waals surface area contributed by atoms with Gasteiger partial charge in [0.15, 0.2) is 0 Å². The number of anilines is 3. The third-order valence-electron chi connectivity index (χ3n) is 3.75. The second-order valence-electron chi connectivity index (χ2n) is 5.86. The van der Waals surface area contributed by atoms with E-state index in [1.165, 1.54) is 0 Å². The number of nitrogen functional groups attached to an aromatic ring is 1. The van der Waals surface area contributed by atoms with Crippen LogP contribution in [0.15, 0.2) is 30.3 Å². The van der Waals surface area contributed by atoms with Crippen molar-refractivity contribution in [1.82, 2.24) is 9.97 Å². The molecule has 1 saturated carbocycles. The van der Waals surface area contributed by atoms with Gasteiger partial charge in [-0.15, -0.1) is 0 Å². The van der Waals surface area contributed by atoms with Gasteiger partial charge in [0, 0.05) is 36.4 Å². The molecule has 1 aromatic heterocycles. The molecular formula is C17H21N5O2. The molecule has 0 atom stereocenters. The normalized spacial score (nSPS) is 13.5. The number of hydrogen-bond donors (Lipinski definition) is 4. The van der Waals surface area contributed by atoms with Gasteiger partial charge in [0.25, 0.3) is 5.91 Å². The Hall–Kier alpha value is -2.67. The first-order valence-corrected chi connectivity index (χ1v) is 8.06. The summed E-state index contributed by atoms with van der Waals surface area (Å²) >= 11 is 0. The van der Waals surface area contributed by atoms with Crippen molar-refractivity contribution in [2.24, 2.45) is 0 Å². The third kappa shape index (κ3) is 4.20. The van der Waals surface area contributed by atoms with Crippen LogP contribution in [0.3, 0.4) is 0 Å². The molecule has 126 valence electrons. The molecule has 0 aliphatic heterocycles. The van der Waals surface area contributed by atoms with Crippen molar-refractivity contribution in [3.05, 3.63) is 41.6 Å². The molecule has 0 radical (unpaired) electrons. The Balaban J connectivity index is 1.77. The zero-order valence-electron chi connectivity index (χ0n) is 13.3. The van der Waals surface area contributed by atoms with Crippen molar-refractivity contribution in [3.8, 4) is 0 Å². The summed E-state index contributed by atoms with van der Waals surface area (Å²) in [4.78, 5) is 21.2. The number of rotatable bonds is 7. The number of carbonyl (C=O) groups is 1. The van der Waals surface area contributed by atoms with Gasteiger partial charge < -0.3 is 21.5 Å². The molecule has 0 unspecified atom stereocenters. The number of nitrogens with two attached hydrogens (primary N) is 1. The largest absolute Gasteiger partial charge is 0.399 e. The van der Waals surface area contributed by atoms with Gasteiger partial charge in [0.05, 0.1) is 5.69 Å². The van der Waals surface area contributed by atoms with Crippen molar-refractivity contribution < 1.29 is 9.90 Å². The molecule has 0 saturated heterocycles. The summed E-state index contributed by atoms with van der Waals surface area (Å²) in [7, 11) is 0. The maximum absolute atomic E-state index is 12.4. The predicted octanol–water partition coefficient (Wildman–Crippen LogP) is 1.98. The summed E-state index contributed by atoms with van der Waals surface area (Å²) < 4.78 is 0. The first-order valence-electron chi connectivity index (χ1n) is 8.06. The first-order chi connectivity index (χ1) is 11.7. The maximum Gasteiger partial charge on any atom is 0.256 e. The number of hydrogen-bond acceptors (Lipinski definition) is 6. The number of aromatic nitrogens is 2. The van der Waals surface area contributed by atoms with Crippen molar-refractivity contribution in [3.63, 3.8) is 0 Å². The second kappa shape index (κ2) is 7.27. The van der Waals surface area contributed by atoms with Crippen molar-refractivity contribution in [2.45, 2.75) is 25.2 Å². The average molecular weight is 327 g/mol. The lowest BCUT2D eigenvalue weighted by Crippen LogP contribution is -2.15. The molecule has 1 amide bonds. The van der Waals surface area contributed by atoms with Crippen LogP contribution in [0.5, 0.6) is 0 Å². The molecule has 1 fully saturated rings. The first kappa shape index (κ1) is 16.2. The SMILES string of the molecule is Nc1cccc(C(=O)Nc2cc(C3CC3)nc(NCCCO)n2)c1. The minimum atomic E-state index is -0.260. The highest BCUT2D eigenvalue weighted by atomic mass is 16.3. The minimum Gasteiger partial charge on any atom is -0.399 e. The van der Waals surface area contributed by atoms with E-state index in [0.29, 0.717) is 41.9 Å². The molecular weight excluding hydrogens is 306 g/mol. The van der Waals surface area contributed by atoms with E-state index in [2.05, 4.69) is 20.6 Å². The summed E-state index contributed by atoms with van der Waals surface area (Å²) in [5.41, 5.74) is 7.67. The summed E-state index contributed by atoms with van der Waals surface area (Å²) in [6, 6.07) is 8.62. The lowest BCUT2D eigenvalue weighted by molar-refractivity contribution is 0.102. The van der Waals surface area contributed by atoms with Crippen LogP contribution < -0.4 is 16.4 Å². The zero-order chi connectivity index (χ0) is 16.9. The molecule has 5 N–H and O–H groups in total. The standard InChI is InChI=1S/C17H21N5O2/c18-13-4-1-3-12(9-13)16(24)21-15-10-14(11-5-6-11)20-17(22-15)19-7-2-8-23/h1,3-4,9-11,23H,2,5-8,18H2,(H2,19,20,21,22,24). The van der Waals surface area contributed by atoms with Gasteiger partial charge in [-0.3, -0.25) is 4.79 Å². The Labute approximate surface area is 140 Å². The Morgan fingerprint density at radius 2 is 2.12 bits per heavy atom. The molecule has 1 aliphatic rings. The van der Waals surface area contributed by atoms with Crippen LogP contribution in [0, 0.1) is 0 Å². The Morgan fingerprint density at radius 3 is 2.83 bits per heavy atom. The lowest BCUT2D eigenvalue weighted by Gasteiger charge is -2.10. The minimum absolute atomic E-state index is 0.105. The highest BCUT2D eigenvalue weighted by Gasteiger charge is 2.26. The van der Waals surface area contributed by atoms with E-state index < -0.39 is 0 Å². The smallest absolute Gasteiger partial charge is 0.256 e. The third-order valence-corrected chi connectivity index (χ3v) is 3.75. The quantitative estimate of drug-likeness (QED) is 0.457. The van der Waals surface area contributed by atoms with E-state index in [1.54, 1.807) is 24.3 Å². The molecule has 7 nitrogen and oxygen atoms in total. The van der Waals surface area contributed by atoms with Crippen LogP contribution in [-0.2, 0) is 0 Å². The highest BCUT2D eigenvalue weighted by Crippen LogP contribution is 2.39. The van der Waals surface area contributed by atoms with Crippen molar-refractivity contribution >= 4 is 23.4 Å². The molecule has 2 aromatic rings. The van der Waals surface area contributed by atoms with Crippen LogP contribution in [0.1, 0.15) is 41.2 Å². The number of nitrogens with one attached hydrogen (secondary N) is 2. The highest BCUT2D eigenvalue weighted by molar-refractivity contribution is 6.04. The van der Waals surface area contributed by atoms with Crippen LogP contribution in [-0.4, -0.2) is 34.1 Å². The fraction of sp³-hybridized carbons (Fsp3) is 0.353. The van der Waals surface area contributed by atoms with E-state index in [4.69, 9.17) is 10.8 Å². The zero-order valence-corrected chi connectivity index (χ0v) is 13.3. The van der Waals surface area contributed by atoms with Crippen LogP contribution in [0.4, 0.5) is 17.5 Å². The fourth-order valence-corrected chi connectivity index (χ4v) is 2.34. The number of aliphatic hydroxyl groups is 1. The Morgan fingerprint density at radius 1 is 1.29 bits per heavy atom. The molecule has 1 aromatic carbocycles. The lowest BCUT2D eigenvalue weighted by atomic mass is 10.2. The van der Waals surface area contributed by atoms with Gasteiger partial charge in [0.1, 0.15) is 5.82 Å². The molecule has 1 aliphatic carbocycles. The maximum atomic E-state index is 12.4. The van der Waals surface area contributed by atoms with Gasteiger partial charge in [-0.05, 0) is 37.5 Å². The van der Waals surface area contributed by atoms with Crippen LogP contribution in [0.2, 0.25) is 0 Å².